The average molecular weight is 237 g/mol. The van der Waals surface area contributed by atoms with Gasteiger partial charge in [-0.05, 0) is 6.07 Å². The SMILES string of the molecule is CNC(=O)c1cc(-c2ccccc2Cl)no1. The lowest BCUT2D eigenvalue weighted by molar-refractivity contribution is 0.0926. The van der Waals surface area contributed by atoms with Crippen LogP contribution in [0.15, 0.2) is 34.9 Å². The van der Waals surface area contributed by atoms with E-state index >= 15 is 0 Å². The lowest BCUT2D eigenvalue weighted by Gasteiger charge is -1.96. The first kappa shape index (κ1) is 10.7. The number of rotatable bonds is 2. The Morgan fingerprint density at radius 1 is 1.44 bits per heavy atom. The molecule has 0 radical (unpaired) electrons. The summed E-state index contributed by atoms with van der Waals surface area (Å²) in [5, 5.41) is 6.82. The molecule has 0 bridgehead atoms. The third kappa shape index (κ3) is 1.92. The van der Waals surface area contributed by atoms with Crippen molar-refractivity contribution in [1.29, 1.82) is 0 Å². The standard InChI is InChI=1S/C11H9ClN2O2/c1-13-11(15)10-6-9(14-16-10)7-4-2-3-5-8(7)12/h2-6H,1H3,(H,13,15). The molecular formula is C11H9ClN2O2. The predicted molar refractivity (Wildman–Crippen MR) is 60.3 cm³/mol. The lowest BCUT2D eigenvalue weighted by atomic mass is 10.1. The van der Waals surface area contributed by atoms with E-state index in [-0.39, 0.29) is 11.7 Å². The molecule has 16 heavy (non-hydrogen) atoms. The minimum Gasteiger partial charge on any atom is -0.352 e. The first-order chi connectivity index (χ1) is 7.72. The number of hydrogen-bond acceptors (Lipinski definition) is 3. The van der Waals surface area contributed by atoms with Gasteiger partial charge in [-0.15, -0.1) is 0 Å². The van der Waals surface area contributed by atoms with Gasteiger partial charge in [-0.1, -0.05) is 35.0 Å². The molecule has 0 saturated heterocycles. The van der Waals surface area contributed by atoms with Crippen LogP contribution in [-0.4, -0.2) is 18.1 Å². The first-order valence-corrected chi connectivity index (χ1v) is 5.04. The lowest BCUT2D eigenvalue weighted by Crippen LogP contribution is -2.16. The van der Waals surface area contributed by atoms with Crippen LogP contribution in [0.25, 0.3) is 11.3 Å². The molecule has 2 aromatic rings. The summed E-state index contributed by atoms with van der Waals surface area (Å²) in [6.07, 6.45) is 0. The molecule has 1 N–H and O–H groups in total. The molecule has 1 heterocycles. The second-order valence-corrected chi connectivity index (χ2v) is 3.54. The van der Waals surface area contributed by atoms with Gasteiger partial charge in [0, 0.05) is 18.7 Å². The van der Waals surface area contributed by atoms with Gasteiger partial charge in [0.1, 0.15) is 5.69 Å². The molecule has 82 valence electrons. The van der Waals surface area contributed by atoms with Crippen molar-refractivity contribution in [2.45, 2.75) is 0 Å². The van der Waals surface area contributed by atoms with Crippen molar-refractivity contribution in [3.63, 3.8) is 0 Å². The summed E-state index contributed by atoms with van der Waals surface area (Å²) in [6, 6.07) is 8.79. The van der Waals surface area contributed by atoms with E-state index in [0.717, 1.165) is 5.56 Å². The number of carbonyl (C=O) groups is 1. The molecule has 0 aliphatic rings. The Morgan fingerprint density at radius 3 is 2.88 bits per heavy atom. The van der Waals surface area contributed by atoms with Crippen molar-refractivity contribution < 1.29 is 9.32 Å². The van der Waals surface area contributed by atoms with Crippen molar-refractivity contribution in [2.24, 2.45) is 0 Å². The van der Waals surface area contributed by atoms with E-state index in [2.05, 4.69) is 10.5 Å². The third-order valence-corrected chi connectivity index (χ3v) is 2.44. The van der Waals surface area contributed by atoms with Crippen molar-refractivity contribution in [2.75, 3.05) is 7.05 Å². The predicted octanol–water partition coefficient (Wildman–Crippen LogP) is 2.35. The van der Waals surface area contributed by atoms with Crippen LogP contribution in [0.3, 0.4) is 0 Å². The highest BCUT2D eigenvalue weighted by Gasteiger charge is 2.13. The van der Waals surface area contributed by atoms with Crippen LogP contribution in [0.1, 0.15) is 10.6 Å². The zero-order valence-electron chi connectivity index (χ0n) is 8.53. The Hall–Kier alpha value is -1.81. The van der Waals surface area contributed by atoms with Crippen LogP contribution in [0.2, 0.25) is 5.02 Å². The molecule has 0 atom stereocenters. The number of benzene rings is 1. The van der Waals surface area contributed by atoms with Gasteiger partial charge in [-0.3, -0.25) is 4.79 Å². The van der Waals surface area contributed by atoms with Crippen LogP contribution in [-0.2, 0) is 0 Å². The largest absolute Gasteiger partial charge is 0.352 e. The zero-order valence-corrected chi connectivity index (χ0v) is 9.28. The molecule has 1 aromatic heterocycles. The second kappa shape index (κ2) is 4.37. The van der Waals surface area contributed by atoms with E-state index in [9.17, 15) is 4.79 Å². The zero-order chi connectivity index (χ0) is 11.5. The summed E-state index contributed by atoms with van der Waals surface area (Å²) in [5.74, 6) is -0.150. The summed E-state index contributed by atoms with van der Waals surface area (Å²) in [7, 11) is 1.53. The number of amides is 1. The molecule has 0 unspecified atom stereocenters. The van der Waals surface area contributed by atoms with Gasteiger partial charge in [0.15, 0.2) is 0 Å². The molecule has 5 heteroatoms. The highest BCUT2D eigenvalue weighted by molar-refractivity contribution is 6.33. The van der Waals surface area contributed by atoms with E-state index in [1.165, 1.54) is 7.05 Å². The fourth-order valence-electron chi connectivity index (χ4n) is 1.30. The van der Waals surface area contributed by atoms with Gasteiger partial charge in [-0.25, -0.2) is 0 Å². The van der Waals surface area contributed by atoms with Gasteiger partial charge < -0.3 is 9.84 Å². The fraction of sp³-hybridized carbons (Fsp3) is 0.0909. The minimum absolute atomic E-state index is 0.164. The van der Waals surface area contributed by atoms with Crippen molar-refractivity contribution in [3.05, 3.63) is 41.1 Å². The number of nitrogens with one attached hydrogen (secondary N) is 1. The average Bonchev–Trinajstić information content (AvgIpc) is 2.78. The van der Waals surface area contributed by atoms with E-state index < -0.39 is 0 Å². The van der Waals surface area contributed by atoms with Gasteiger partial charge in [0.05, 0.1) is 5.02 Å². The summed E-state index contributed by atoms with van der Waals surface area (Å²) >= 11 is 6.00. The van der Waals surface area contributed by atoms with E-state index in [4.69, 9.17) is 16.1 Å². The maximum absolute atomic E-state index is 11.3. The molecule has 1 aromatic carbocycles. The topological polar surface area (TPSA) is 55.1 Å². The van der Waals surface area contributed by atoms with Crippen molar-refractivity contribution >= 4 is 17.5 Å². The number of halogens is 1. The number of carbonyl (C=O) groups excluding carboxylic acids is 1. The Balaban J connectivity index is 2.39. The van der Waals surface area contributed by atoms with Crippen molar-refractivity contribution in [3.8, 4) is 11.3 Å². The summed E-state index contributed by atoms with van der Waals surface area (Å²) < 4.78 is 4.91. The van der Waals surface area contributed by atoms with Crippen LogP contribution in [0.5, 0.6) is 0 Å². The maximum Gasteiger partial charge on any atom is 0.289 e. The summed E-state index contributed by atoms with van der Waals surface area (Å²) in [6.45, 7) is 0. The molecule has 2 rings (SSSR count). The Kier molecular flexibility index (Phi) is 2.92. The van der Waals surface area contributed by atoms with E-state index in [1.807, 2.05) is 18.2 Å². The number of aromatic nitrogens is 1. The van der Waals surface area contributed by atoms with Gasteiger partial charge in [0.2, 0.25) is 5.76 Å². The molecular weight excluding hydrogens is 228 g/mol. The molecule has 0 aliphatic carbocycles. The van der Waals surface area contributed by atoms with Crippen LogP contribution >= 0.6 is 11.6 Å². The Morgan fingerprint density at radius 2 is 2.19 bits per heavy atom. The minimum atomic E-state index is -0.314. The molecule has 0 aliphatic heterocycles. The Labute approximate surface area is 97.2 Å². The molecule has 1 amide bonds. The molecule has 0 spiro atoms. The van der Waals surface area contributed by atoms with Crippen LogP contribution in [0.4, 0.5) is 0 Å². The third-order valence-electron chi connectivity index (χ3n) is 2.11. The molecule has 0 fully saturated rings. The maximum atomic E-state index is 11.3. The van der Waals surface area contributed by atoms with Gasteiger partial charge in [0.25, 0.3) is 5.91 Å². The second-order valence-electron chi connectivity index (χ2n) is 3.14. The quantitative estimate of drug-likeness (QED) is 0.871. The van der Waals surface area contributed by atoms with E-state index in [0.29, 0.717) is 10.7 Å². The van der Waals surface area contributed by atoms with Crippen LogP contribution < -0.4 is 5.32 Å². The highest BCUT2D eigenvalue weighted by atomic mass is 35.5. The Bertz CT molecular complexity index is 522. The first-order valence-electron chi connectivity index (χ1n) is 4.66. The van der Waals surface area contributed by atoms with Crippen LogP contribution in [0, 0.1) is 0 Å². The summed E-state index contributed by atoms with van der Waals surface area (Å²) in [5.41, 5.74) is 1.28. The highest BCUT2D eigenvalue weighted by Crippen LogP contribution is 2.26. The molecule has 0 saturated carbocycles. The summed E-state index contributed by atoms with van der Waals surface area (Å²) in [4.78, 5) is 11.3. The normalized spacial score (nSPS) is 10.1. The van der Waals surface area contributed by atoms with E-state index in [1.54, 1.807) is 12.1 Å². The van der Waals surface area contributed by atoms with Gasteiger partial charge in [-0.2, -0.15) is 0 Å². The number of hydrogen-bond donors (Lipinski definition) is 1. The monoisotopic (exact) mass is 236 g/mol. The molecule has 4 nitrogen and oxygen atoms in total. The smallest absolute Gasteiger partial charge is 0.289 e. The van der Waals surface area contributed by atoms with Gasteiger partial charge >= 0.3 is 0 Å². The number of nitrogens with zero attached hydrogens (tertiary/aromatic N) is 1. The van der Waals surface area contributed by atoms with Crippen molar-refractivity contribution in [1.82, 2.24) is 10.5 Å². The fourth-order valence-corrected chi connectivity index (χ4v) is 1.53.